The Balaban J connectivity index is 1.94. The van der Waals surface area contributed by atoms with Crippen molar-refractivity contribution in [2.75, 3.05) is 6.61 Å². The normalized spacial score (nSPS) is 10.0. The number of nitrogens with zero attached hydrogens (tertiary/aromatic N) is 2. The standard InChI is InChI=1S/C14H15N3O2S2/c1-2-4-12-13(21-17-16-12)14(19)15-8-11-7-10(9-20-11)5-3-6-18/h7,9,18H,2,4,6,8H2,1H3,(H,15,19). The number of aliphatic hydroxyl groups is 1. The van der Waals surface area contributed by atoms with Crippen LogP contribution in [-0.2, 0) is 13.0 Å². The Bertz CT molecular complexity index is 667. The summed E-state index contributed by atoms with van der Waals surface area (Å²) in [5.41, 5.74) is 1.62. The average Bonchev–Trinajstić information content (AvgIpc) is 3.12. The number of amides is 1. The van der Waals surface area contributed by atoms with Crippen molar-refractivity contribution in [2.24, 2.45) is 0 Å². The van der Waals surface area contributed by atoms with Crippen molar-refractivity contribution < 1.29 is 9.90 Å². The van der Waals surface area contributed by atoms with E-state index in [4.69, 9.17) is 5.11 Å². The Morgan fingerprint density at radius 2 is 2.38 bits per heavy atom. The van der Waals surface area contributed by atoms with Gasteiger partial charge < -0.3 is 10.4 Å². The Hall–Kier alpha value is -1.75. The fraction of sp³-hybridized carbons (Fsp3) is 0.357. The molecule has 0 saturated carbocycles. The lowest BCUT2D eigenvalue weighted by atomic mass is 10.2. The zero-order valence-corrected chi connectivity index (χ0v) is 13.2. The molecule has 0 fully saturated rings. The van der Waals surface area contributed by atoms with E-state index in [-0.39, 0.29) is 12.5 Å². The van der Waals surface area contributed by atoms with Crippen LogP contribution < -0.4 is 5.32 Å². The summed E-state index contributed by atoms with van der Waals surface area (Å²) in [7, 11) is 0. The van der Waals surface area contributed by atoms with Crippen LogP contribution in [0.25, 0.3) is 0 Å². The largest absolute Gasteiger partial charge is 0.384 e. The molecule has 0 spiro atoms. The summed E-state index contributed by atoms with van der Waals surface area (Å²) in [6.45, 7) is 2.34. The van der Waals surface area contributed by atoms with E-state index < -0.39 is 0 Å². The van der Waals surface area contributed by atoms with Gasteiger partial charge in [-0.3, -0.25) is 4.79 Å². The highest BCUT2D eigenvalue weighted by molar-refractivity contribution is 7.10. The topological polar surface area (TPSA) is 75.1 Å². The number of aryl methyl sites for hydroxylation is 1. The summed E-state index contributed by atoms with van der Waals surface area (Å²) in [6, 6.07) is 1.91. The first kappa shape index (κ1) is 15.6. The van der Waals surface area contributed by atoms with E-state index in [0.29, 0.717) is 11.4 Å². The highest BCUT2D eigenvalue weighted by atomic mass is 32.1. The average molecular weight is 321 g/mol. The van der Waals surface area contributed by atoms with Crippen LogP contribution in [0.4, 0.5) is 0 Å². The number of nitrogens with one attached hydrogen (secondary N) is 1. The van der Waals surface area contributed by atoms with Crippen molar-refractivity contribution in [3.05, 3.63) is 32.5 Å². The third-order valence-electron chi connectivity index (χ3n) is 2.64. The maximum atomic E-state index is 12.1. The lowest BCUT2D eigenvalue weighted by Gasteiger charge is -2.02. The fourth-order valence-electron chi connectivity index (χ4n) is 1.71. The zero-order chi connectivity index (χ0) is 15.1. The van der Waals surface area contributed by atoms with E-state index in [9.17, 15) is 4.79 Å². The van der Waals surface area contributed by atoms with Gasteiger partial charge >= 0.3 is 0 Å². The van der Waals surface area contributed by atoms with Crippen LogP contribution in [-0.4, -0.2) is 27.2 Å². The third kappa shape index (κ3) is 4.36. The fourth-order valence-corrected chi connectivity index (χ4v) is 3.09. The second-order valence-corrected chi connectivity index (χ2v) is 5.99. The van der Waals surface area contributed by atoms with Crippen LogP contribution in [0.1, 0.15) is 39.2 Å². The van der Waals surface area contributed by atoms with Gasteiger partial charge in [-0.2, -0.15) is 0 Å². The molecule has 2 heterocycles. The first-order valence-electron chi connectivity index (χ1n) is 6.51. The van der Waals surface area contributed by atoms with Gasteiger partial charge in [-0.15, -0.1) is 16.4 Å². The monoisotopic (exact) mass is 321 g/mol. The lowest BCUT2D eigenvalue weighted by Crippen LogP contribution is -2.22. The Labute approximate surface area is 131 Å². The highest BCUT2D eigenvalue weighted by Gasteiger charge is 2.15. The number of carbonyl (C=O) groups is 1. The van der Waals surface area contributed by atoms with E-state index in [1.54, 1.807) is 0 Å². The van der Waals surface area contributed by atoms with Crippen molar-refractivity contribution in [1.29, 1.82) is 0 Å². The maximum Gasteiger partial charge on any atom is 0.265 e. The van der Waals surface area contributed by atoms with Gasteiger partial charge in [0.05, 0.1) is 12.2 Å². The predicted octanol–water partition coefficient (Wildman–Crippen LogP) is 1.83. The Morgan fingerprint density at radius 1 is 1.52 bits per heavy atom. The van der Waals surface area contributed by atoms with E-state index in [2.05, 4.69) is 26.7 Å². The van der Waals surface area contributed by atoms with Crippen LogP contribution in [0, 0.1) is 11.8 Å². The molecule has 0 unspecified atom stereocenters. The van der Waals surface area contributed by atoms with Crippen LogP contribution in [0.2, 0.25) is 0 Å². The summed E-state index contributed by atoms with van der Waals surface area (Å²) in [6.07, 6.45) is 1.70. The molecule has 0 bridgehead atoms. The van der Waals surface area contributed by atoms with Gasteiger partial charge in [-0.1, -0.05) is 29.7 Å². The van der Waals surface area contributed by atoms with E-state index in [0.717, 1.165) is 40.5 Å². The zero-order valence-electron chi connectivity index (χ0n) is 11.5. The summed E-state index contributed by atoms with van der Waals surface area (Å²) >= 11 is 2.66. The molecule has 2 aromatic heterocycles. The summed E-state index contributed by atoms with van der Waals surface area (Å²) in [5, 5.41) is 17.4. The number of hydrogen-bond donors (Lipinski definition) is 2. The molecule has 5 nitrogen and oxygen atoms in total. The summed E-state index contributed by atoms with van der Waals surface area (Å²) < 4.78 is 3.85. The molecule has 2 rings (SSSR count). The van der Waals surface area contributed by atoms with Gasteiger partial charge in [0.15, 0.2) is 0 Å². The number of rotatable bonds is 5. The molecular weight excluding hydrogens is 306 g/mol. The molecule has 0 aliphatic carbocycles. The van der Waals surface area contributed by atoms with E-state index in [1.165, 1.54) is 11.3 Å². The molecule has 0 radical (unpaired) electrons. The number of carbonyl (C=O) groups excluding carboxylic acids is 1. The molecule has 7 heteroatoms. The van der Waals surface area contributed by atoms with Crippen molar-refractivity contribution in [2.45, 2.75) is 26.3 Å². The molecule has 1 amide bonds. The van der Waals surface area contributed by atoms with Crippen molar-refractivity contribution in [3.63, 3.8) is 0 Å². The predicted molar refractivity (Wildman–Crippen MR) is 83.4 cm³/mol. The quantitative estimate of drug-likeness (QED) is 0.824. The van der Waals surface area contributed by atoms with Gasteiger partial charge in [0.2, 0.25) is 0 Å². The second kappa shape index (κ2) is 7.88. The number of aromatic nitrogens is 2. The van der Waals surface area contributed by atoms with E-state index >= 15 is 0 Å². The highest BCUT2D eigenvalue weighted by Crippen LogP contribution is 2.15. The van der Waals surface area contributed by atoms with Crippen molar-refractivity contribution in [1.82, 2.24) is 14.9 Å². The van der Waals surface area contributed by atoms with Gasteiger partial charge in [-0.25, -0.2) is 0 Å². The Morgan fingerprint density at radius 3 is 3.14 bits per heavy atom. The molecule has 0 aliphatic heterocycles. The van der Waals surface area contributed by atoms with Gasteiger partial charge in [-0.05, 0) is 24.0 Å². The van der Waals surface area contributed by atoms with Crippen molar-refractivity contribution in [3.8, 4) is 11.8 Å². The van der Waals surface area contributed by atoms with E-state index in [1.807, 2.05) is 18.4 Å². The number of thiophene rings is 1. The minimum Gasteiger partial charge on any atom is -0.384 e. The molecule has 0 saturated heterocycles. The Kier molecular flexibility index (Phi) is 5.87. The molecule has 21 heavy (non-hydrogen) atoms. The minimum atomic E-state index is -0.152. The molecule has 110 valence electrons. The maximum absolute atomic E-state index is 12.1. The first-order chi connectivity index (χ1) is 10.2. The summed E-state index contributed by atoms with van der Waals surface area (Å²) in [4.78, 5) is 13.7. The van der Waals surface area contributed by atoms with Crippen LogP contribution in [0.15, 0.2) is 11.4 Å². The van der Waals surface area contributed by atoms with Crippen molar-refractivity contribution >= 4 is 28.8 Å². The number of hydrogen-bond acceptors (Lipinski definition) is 6. The first-order valence-corrected chi connectivity index (χ1v) is 8.16. The minimum absolute atomic E-state index is 0.134. The smallest absolute Gasteiger partial charge is 0.265 e. The van der Waals surface area contributed by atoms with Gasteiger partial charge in [0, 0.05) is 15.8 Å². The molecule has 0 aliphatic rings. The van der Waals surface area contributed by atoms with Gasteiger partial charge in [0.25, 0.3) is 5.91 Å². The van der Waals surface area contributed by atoms with Crippen LogP contribution >= 0.6 is 22.9 Å². The summed E-state index contributed by atoms with van der Waals surface area (Å²) in [5.74, 6) is 5.30. The second-order valence-electron chi connectivity index (χ2n) is 4.24. The third-order valence-corrected chi connectivity index (χ3v) is 4.34. The lowest BCUT2D eigenvalue weighted by molar-refractivity contribution is 0.0954. The molecular formula is C14H15N3O2S2. The molecule has 2 N–H and O–H groups in total. The molecule has 0 atom stereocenters. The molecule has 2 aromatic rings. The van der Waals surface area contributed by atoms with Gasteiger partial charge in [0.1, 0.15) is 11.5 Å². The number of aliphatic hydroxyl groups excluding tert-OH is 1. The molecule has 0 aromatic carbocycles. The SMILES string of the molecule is CCCc1nnsc1C(=O)NCc1cc(C#CCO)cs1. The van der Waals surface area contributed by atoms with Crippen LogP contribution in [0.5, 0.6) is 0 Å². The van der Waals surface area contributed by atoms with Crippen LogP contribution in [0.3, 0.4) is 0 Å².